The maximum Gasteiger partial charge on any atom is 0.316 e. The molecule has 3 fully saturated rings. The van der Waals surface area contributed by atoms with Crippen molar-refractivity contribution < 1.29 is 33.1 Å². The van der Waals surface area contributed by atoms with E-state index in [2.05, 4.69) is 13.5 Å². The summed E-state index contributed by atoms with van der Waals surface area (Å²) in [6.45, 7) is -1.90. The molecule has 0 aromatic carbocycles. The quantitative estimate of drug-likeness (QED) is 0.272. The number of aliphatic hydroxyl groups is 1. The van der Waals surface area contributed by atoms with Crippen molar-refractivity contribution >= 4 is 23.5 Å². The van der Waals surface area contributed by atoms with Crippen LogP contribution in [0.25, 0.3) is 0 Å². The van der Waals surface area contributed by atoms with Gasteiger partial charge in [-0.2, -0.15) is 0 Å². The number of thioether (sulfide) groups is 1. The highest BCUT2D eigenvalue weighted by Crippen LogP contribution is 2.67. The lowest BCUT2D eigenvalue weighted by molar-refractivity contribution is -0.205. The van der Waals surface area contributed by atoms with E-state index in [-0.39, 0.29) is 46.4 Å². The van der Waals surface area contributed by atoms with Gasteiger partial charge in [-0.1, -0.05) is 47.5 Å². The van der Waals surface area contributed by atoms with Gasteiger partial charge in [0.2, 0.25) is 0 Å². The van der Waals surface area contributed by atoms with Crippen LogP contribution in [0.2, 0.25) is 0 Å². The minimum Gasteiger partial charge on any atom is -0.461 e. The molecule has 0 spiro atoms. The van der Waals surface area contributed by atoms with E-state index < -0.39 is 67.7 Å². The van der Waals surface area contributed by atoms with Crippen LogP contribution >= 0.6 is 11.8 Å². The van der Waals surface area contributed by atoms with Gasteiger partial charge in [-0.15, -0.1) is 18.3 Å². The van der Waals surface area contributed by atoms with Crippen LogP contribution in [-0.2, 0) is 14.3 Å². The van der Waals surface area contributed by atoms with Crippen LogP contribution in [0.15, 0.2) is 12.7 Å². The Balaban J connectivity index is 1.84. The first-order valence-electron chi connectivity index (χ1n) is 17.2. The highest BCUT2D eigenvalue weighted by Gasteiger charge is 2.68. The van der Waals surface area contributed by atoms with Crippen LogP contribution in [-0.4, -0.2) is 65.0 Å². The molecule has 1 N–H and O–H groups in total. The summed E-state index contributed by atoms with van der Waals surface area (Å²) in [4.78, 5) is 27.0. The van der Waals surface area contributed by atoms with Crippen LogP contribution in [0.1, 0.15) is 87.2 Å². The molecule has 194 valence electrons. The van der Waals surface area contributed by atoms with Crippen LogP contribution in [0.5, 0.6) is 0 Å². The summed E-state index contributed by atoms with van der Waals surface area (Å²) in [7, 11) is 0. The molecule has 3 aliphatic rings. The second kappa shape index (κ2) is 10.6. The molecule has 3 aliphatic carbocycles. The first-order chi connectivity index (χ1) is 19.8. The molecule has 8 atom stereocenters. The predicted octanol–water partition coefficient (Wildman–Crippen LogP) is 4.97. The monoisotopic (exact) mass is 503 g/mol. The molecule has 1 unspecified atom stereocenters. The normalized spacial score (nSPS) is 48.1. The molecule has 5 nitrogen and oxygen atoms in total. The van der Waals surface area contributed by atoms with Gasteiger partial charge in [0.25, 0.3) is 0 Å². The molecule has 0 aromatic heterocycles. The molecule has 0 radical (unpaired) electrons. The topological polar surface area (TPSA) is 66.8 Å². The van der Waals surface area contributed by atoms with Gasteiger partial charge in [0.1, 0.15) is 11.9 Å². The van der Waals surface area contributed by atoms with E-state index in [0.717, 1.165) is 24.6 Å². The minimum absolute atomic E-state index is 0.0439. The van der Waals surface area contributed by atoms with Crippen molar-refractivity contribution in [2.75, 3.05) is 31.0 Å². The van der Waals surface area contributed by atoms with Crippen molar-refractivity contribution in [3.63, 3.8) is 0 Å². The third kappa shape index (κ3) is 4.64. The second-order valence-electron chi connectivity index (χ2n) is 11.0. The fourth-order valence-corrected chi connectivity index (χ4v) is 7.84. The van der Waals surface area contributed by atoms with E-state index in [1.807, 2.05) is 20.8 Å². The number of aliphatic hydroxyl groups excluding tert-OH is 1. The van der Waals surface area contributed by atoms with Gasteiger partial charge in [-0.05, 0) is 55.9 Å². The SMILES string of the molecule is [2H]C([2H])([2H])C([2H])([2H])N(CCSCC(=O)O[C@@H]1C[C@@](C)(C=C)[C@@H](O)[C@H](C)C23CCC(=O)[C@H]2[C@@]1(C)[C@@H](C)CC3)C([2H])([2H])C([2H])([2H])[2H]. The number of esters is 1. The Labute approximate surface area is 225 Å². The van der Waals surface area contributed by atoms with Gasteiger partial charge in [0, 0.05) is 49.2 Å². The Morgan fingerprint density at radius 3 is 2.71 bits per heavy atom. The molecule has 2 bridgehead atoms. The number of ketones is 1. The number of carbonyl (C=O) groups is 2. The van der Waals surface area contributed by atoms with Crippen LogP contribution in [0.4, 0.5) is 0 Å². The summed E-state index contributed by atoms with van der Waals surface area (Å²) in [6.07, 6.45) is 3.12. The third-order valence-electron chi connectivity index (χ3n) is 9.52. The van der Waals surface area contributed by atoms with E-state index >= 15 is 0 Å². The number of ether oxygens (including phenoxy) is 1. The average Bonchev–Trinajstić information content (AvgIpc) is 3.25. The van der Waals surface area contributed by atoms with Crippen molar-refractivity contribution in [2.45, 2.75) is 85.7 Å². The fourth-order valence-electron chi connectivity index (χ4n) is 7.15. The maximum atomic E-state index is 13.5. The Morgan fingerprint density at radius 2 is 2.06 bits per heavy atom. The molecule has 0 heterocycles. The smallest absolute Gasteiger partial charge is 0.316 e. The molecular formula is C28H47NO4S. The average molecular weight is 504 g/mol. The number of Topliss-reactive ketones (excluding diaryl/α,β-unsaturated/α-hetero) is 1. The molecule has 3 saturated carbocycles. The van der Waals surface area contributed by atoms with Crippen molar-refractivity contribution in [3.05, 3.63) is 12.7 Å². The van der Waals surface area contributed by atoms with Gasteiger partial charge >= 0.3 is 5.97 Å². The first-order valence-corrected chi connectivity index (χ1v) is 13.4. The zero-order valence-corrected chi connectivity index (χ0v) is 21.7. The van der Waals surface area contributed by atoms with Crippen molar-refractivity contribution in [1.29, 1.82) is 0 Å². The molecule has 3 rings (SSSR count). The Kier molecular flexibility index (Phi) is 5.26. The van der Waals surface area contributed by atoms with E-state index in [9.17, 15) is 14.7 Å². The summed E-state index contributed by atoms with van der Waals surface area (Å²) in [5, 5.41) is 11.6. The highest BCUT2D eigenvalue weighted by molar-refractivity contribution is 7.99. The summed E-state index contributed by atoms with van der Waals surface area (Å²) in [5.41, 5.74) is -1.93. The molecule has 0 saturated heterocycles. The number of rotatable bonds is 9. The van der Waals surface area contributed by atoms with Crippen molar-refractivity contribution in [1.82, 2.24) is 4.90 Å². The number of hydrogen-bond donors (Lipinski definition) is 1. The minimum atomic E-state index is -3.34. The summed E-state index contributed by atoms with van der Waals surface area (Å²) in [6, 6.07) is 0. The number of nitrogens with zero attached hydrogens (tertiary/aromatic N) is 1. The lowest BCUT2D eigenvalue weighted by atomic mass is 9.44. The van der Waals surface area contributed by atoms with Crippen molar-refractivity contribution in [2.24, 2.45) is 34.0 Å². The number of hydrogen-bond acceptors (Lipinski definition) is 6. The van der Waals surface area contributed by atoms with E-state index in [1.54, 1.807) is 6.08 Å². The largest absolute Gasteiger partial charge is 0.461 e. The highest BCUT2D eigenvalue weighted by atomic mass is 32.2. The lowest BCUT2D eigenvalue weighted by Gasteiger charge is -2.61. The molecule has 0 aromatic rings. The zero-order chi connectivity index (χ0) is 33.9. The third-order valence-corrected chi connectivity index (χ3v) is 10.4. The summed E-state index contributed by atoms with van der Waals surface area (Å²) >= 11 is 0.936. The van der Waals surface area contributed by atoms with Gasteiger partial charge in [0.15, 0.2) is 0 Å². The summed E-state index contributed by atoms with van der Waals surface area (Å²) in [5.74, 6) is -1.43. The molecule has 6 heteroatoms. The van der Waals surface area contributed by atoms with Gasteiger partial charge < -0.3 is 14.7 Å². The van der Waals surface area contributed by atoms with E-state index in [4.69, 9.17) is 18.4 Å². The molecule has 34 heavy (non-hydrogen) atoms. The van der Waals surface area contributed by atoms with E-state index in [0.29, 0.717) is 12.8 Å². The maximum absolute atomic E-state index is 13.5. The van der Waals surface area contributed by atoms with Gasteiger partial charge in [0.05, 0.1) is 11.9 Å². The Bertz CT molecular complexity index is 1090. The lowest BCUT2D eigenvalue weighted by Crippen LogP contribution is -2.63. The predicted molar refractivity (Wildman–Crippen MR) is 140 cm³/mol. The Morgan fingerprint density at radius 1 is 1.35 bits per heavy atom. The number of carbonyl (C=O) groups excluding carboxylic acids is 2. The van der Waals surface area contributed by atoms with Crippen molar-refractivity contribution in [3.8, 4) is 0 Å². The first kappa shape index (κ1) is 16.8. The van der Waals surface area contributed by atoms with Crippen LogP contribution in [0.3, 0.4) is 0 Å². The molecule has 0 aliphatic heterocycles. The van der Waals surface area contributed by atoms with Gasteiger partial charge in [-0.3, -0.25) is 9.59 Å². The van der Waals surface area contributed by atoms with Gasteiger partial charge in [-0.25, -0.2) is 0 Å². The zero-order valence-electron chi connectivity index (χ0n) is 30.9. The van der Waals surface area contributed by atoms with E-state index in [1.165, 1.54) is 0 Å². The second-order valence-corrected chi connectivity index (χ2v) is 12.1. The van der Waals surface area contributed by atoms with Crippen LogP contribution in [0, 0.1) is 34.0 Å². The van der Waals surface area contributed by atoms with Crippen LogP contribution < -0.4 is 0 Å². The molecular weight excluding hydrogens is 446 g/mol. The molecule has 0 amide bonds. The Hall–Kier alpha value is -0.850. The summed E-state index contributed by atoms with van der Waals surface area (Å²) < 4.78 is 83.6. The standard InChI is InChI=1S/C28H47NO4S/c1-8-26(6)17-22(33-23(31)18-34-16-15-29(9-2)10-3)27(7)19(4)11-13-28(20(5)25(26)32)14-12-21(30)24(27)28/h8,19-20,22,24-25,32H,1,9-18H2,2-7H3/t19-,20-,22+,24-,25-,26+,27-,28?/m0/s1/i2D3,3D3,9D2,10D2. The fraction of sp³-hybridized carbons (Fsp3) is 0.857.